The Morgan fingerprint density at radius 2 is 2.00 bits per heavy atom. The number of rotatable bonds is 3. The third kappa shape index (κ3) is 2.78. The quantitative estimate of drug-likeness (QED) is 0.838. The number of anilines is 1. The van der Waals surface area contributed by atoms with Crippen molar-refractivity contribution in [2.45, 2.75) is 45.2 Å². The van der Waals surface area contributed by atoms with Gasteiger partial charge in [-0.3, -0.25) is 4.79 Å². The largest absolute Gasteiger partial charge is 0.634 e. The van der Waals surface area contributed by atoms with E-state index in [0.717, 1.165) is 16.8 Å². The van der Waals surface area contributed by atoms with Gasteiger partial charge in [-0.1, -0.05) is 19.1 Å². The first-order valence-corrected chi connectivity index (χ1v) is 8.57. The summed E-state index contributed by atoms with van der Waals surface area (Å²) in [5.74, 6) is 0.0466. The van der Waals surface area contributed by atoms with Crippen LogP contribution in [0.5, 0.6) is 0 Å². The summed E-state index contributed by atoms with van der Waals surface area (Å²) < 4.78 is 13.3. The number of allylic oxidation sites excluding steroid dienone is 3. The summed E-state index contributed by atoms with van der Waals surface area (Å²) in [4.78, 5) is 12.6. The van der Waals surface area contributed by atoms with Crippen molar-refractivity contribution in [1.82, 2.24) is 0 Å². The molecule has 2 N–H and O–H groups in total. The van der Waals surface area contributed by atoms with Crippen LogP contribution in [-0.2, 0) is 17.9 Å². The highest BCUT2D eigenvalue weighted by molar-refractivity contribution is 6.05. The molecule has 0 spiro atoms. The number of fused-ring (bicyclic) bond motifs is 1. The zero-order valence-corrected chi connectivity index (χ0v) is 13.7. The van der Waals surface area contributed by atoms with Gasteiger partial charge in [0.25, 0.3) is 5.91 Å². The smallest absolute Gasteiger partial charge is 0.251 e. The van der Waals surface area contributed by atoms with Gasteiger partial charge in [0, 0.05) is 23.1 Å². The first-order valence-electron chi connectivity index (χ1n) is 8.57. The van der Waals surface area contributed by atoms with Crippen molar-refractivity contribution in [2.75, 3.05) is 5.32 Å². The Kier molecular flexibility index (Phi) is 3.77. The van der Waals surface area contributed by atoms with Crippen LogP contribution in [0.1, 0.15) is 48.8 Å². The Morgan fingerprint density at radius 3 is 2.71 bits per heavy atom. The number of hydroxylamine groups is 2. The molecule has 1 amide bonds. The van der Waals surface area contributed by atoms with E-state index in [0.29, 0.717) is 24.6 Å². The van der Waals surface area contributed by atoms with Gasteiger partial charge in [-0.05, 0) is 42.4 Å². The molecule has 0 bridgehead atoms. The molecule has 1 heterocycles. The third-order valence-corrected chi connectivity index (χ3v) is 5.22. The first kappa shape index (κ1) is 15.5. The number of nitrogens with one attached hydrogen (secondary N) is 2. The molecule has 3 aliphatic rings. The van der Waals surface area contributed by atoms with Gasteiger partial charge in [0.15, 0.2) is 0 Å². The summed E-state index contributed by atoms with van der Waals surface area (Å²) in [6.45, 7) is 2.73. The topological polar surface area (TPSA) is 56.6 Å². The van der Waals surface area contributed by atoms with E-state index >= 15 is 0 Å². The molecule has 4 nitrogen and oxygen atoms in total. The highest BCUT2D eigenvalue weighted by atomic mass is 19.1. The lowest BCUT2D eigenvalue weighted by Crippen LogP contribution is -3.02. The monoisotopic (exact) mass is 328 g/mol. The Bertz CT molecular complexity index is 765. The zero-order valence-electron chi connectivity index (χ0n) is 13.7. The first-order chi connectivity index (χ1) is 11.5. The number of carbonyl (C=O) groups is 1. The molecule has 24 heavy (non-hydrogen) atoms. The van der Waals surface area contributed by atoms with E-state index in [1.807, 2.05) is 13.0 Å². The van der Waals surface area contributed by atoms with Crippen LogP contribution >= 0.6 is 0 Å². The maximum atomic E-state index is 13.3. The highest BCUT2D eigenvalue weighted by Gasteiger charge is 2.32. The van der Waals surface area contributed by atoms with Gasteiger partial charge in [0.05, 0.1) is 5.69 Å². The fraction of sp³-hybridized carbons (Fsp3) is 0.421. The molecular weight excluding hydrogens is 307 g/mol. The molecule has 5 heteroatoms. The molecule has 4 rings (SSSR count). The molecule has 126 valence electrons. The SMILES string of the molecule is CC1CC(F)=CC=C1C(=O)Nc1ccc(C2CC2)c2c1C[NH+]([O-])C2. The molecule has 0 aromatic heterocycles. The summed E-state index contributed by atoms with van der Waals surface area (Å²) in [5, 5.41) is 15.1. The Balaban J connectivity index is 1.61. The lowest BCUT2D eigenvalue weighted by molar-refractivity contribution is -0.869. The van der Waals surface area contributed by atoms with Crippen molar-refractivity contribution in [3.8, 4) is 0 Å². The minimum Gasteiger partial charge on any atom is -0.634 e. The molecule has 0 radical (unpaired) electrons. The zero-order chi connectivity index (χ0) is 16.8. The predicted molar refractivity (Wildman–Crippen MR) is 89.8 cm³/mol. The van der Waals surface area contributed by atoms with Crippen molar-refractivity contribution in [3.63, 3.8) is 0 Å². The Labute approximate surface area is 140 Å². The molecule has 1 saturated carbocycles. The van der Waals surface area contributed by atoms with Crippen molar-refractivity contribution < 1.29 is 14.2 Å². The van der Waals surface area contributed by atoms with E-state index in [1.54, 1.807) is 6.08 Å². The summed E-state index contributed by atoms with van der Waals surface area (Å²) >= 11 is 0. The molecule has 1 aliphatic heterocycles. The number of amides is 1. The fourth-order valence-electron chi connectivity index (χ4n) is 3.78. The van der Waals surface area contributed by atoms with E-state index in [2.05, 4.69) is 11.4 Å². The minimum atomic E-state index is -0.202. The molecular formula is C19H21FN2O2. The lowest BCUT2D eigenvalue weighted by Gasteiger charge is -2.19. The maximum Gasteiger partial charge on any atom is 0.251 e. The number of carbonyl (C=O) groups excluding carboxylic acids is 1. The van der Waals surface area contributed by atoms with Gasteiger partial charge in [-0.2, -0.15) is 0 Å². The van der Waals surface area contributed by atoms with Gasteiger partial charge >= 0.3 is 0 Å². The van der Waals surface area contributed by atoms with Crippen molar-refractivity contribution in [1.29, 1.82) is 0 Å². The van der Waals surface area contributed by atoms with Gasteiger partial charge in [-0.15, -0.1) is 0 Å². The number of benzene rings is 1. The number of hydrogen-bond acceptors (Lipinski definition) is 2. The third-order valence-electron chi connectivity index (χ3n) is 5.22. The fourth-order valence-corrected chi connectivity index (χ4v) is 3.78. The summed E-state index contributed by atoms with van der Waals surface area (Å²) in [6.07, 6.45) is 5.56. The van der Waals surface area contributed by atoms with Crippen LogP contribution in [0, 0.1) is 11.1 Å². The second kappa shape index (κ2) is 5.83. The van der Waals surface area contributed by atoms with E-state index in [1.165, 1.54) is 24.5 Å². The average molecular weight is 328 g/mol. The Morgan fingerprint density at radius 1 is 1.25 bits per heavy atom. The number of halogens is 1. The van der Waals surface area contributed by atoms with Gasteiger partial charge < -0.3 is 15.6 Å². The van der Waals surface area contributed by atoms with Crippen LogP contribution in [0.15, 0.2) is 35.7 Å². The van der Waals surface area contributed by atoms with Crippen LogP contribution < -0.4 is 10.4 Å². The van der Waals surface area contributed by atoms with E-state index in [4.69, 9.17) is 0 Å². The predicted octanol–water partition coefficient (Wildman–Crippen LogP) is 2.72. The van der Waals surface area contributed by atoms with E-state index in [9.17, 15) is 14.4 Å². The molecule has 2 unspecified atom stereocenters. The van der Waals surface area contributed by atoms with Crippen LogP contribution in [0.2, 0.25) is 0 Å². The van der Waals surface area contributed by atoms with Crippen molar-refractivity contribution in [2.24, 2.45) is 5.92 Å². The highest BCUT2D eigenvalue weighted by Crippen LogP contribution is 2.44. The van der Waals surface area contributed by atoms with Crippen LogP contribution in [0.3, 0.4) is 0 Å². The van der Waals surface area contributed by atoms with Gasteiger partial charge in [0.1, 0.15) is 18.9 Å². The van der Waals surface area contributed by atoms with E-state index < -0.39 is 0 Å². The van der Waals surface area contributed by atoms with Crippen LogP contribution in [0.25, 0.3) is 0 Å². The summed E-state index contributed by atoms with van der Waals surface area (Å²) in [6, 6.07) is 3.98. The second-order valence-corrected chi connectivity index (χ2v) is 7.12. The summed E-state index contributed by atoms with van der Waals surface area (Å²) in [5.41, 5.74) is 4.69. The molecule has 1 fully saturated rings. The van der Waals surface area contributed by atoms with Crippen LogP contribution in [0.4, 0.5) is 10.1 Å². The Hall–Kier alpha value is -1.98. The summed E-state index contributed by atoms with van der Waals surface area (Å²) in [7, 11) is 0. The minimum absolute atomic E-state index is 0.143. The molecule has 2 aliphatic carbocycles. The average Bonchev–Trinajstić information content (AvgIpc) is 3.28. The number of quaternary nitrogens is 1. The molecule has 2 atom stereocenters. The maximum absolute atomic E-state index is 13.3. The van der Waals surface area contributed by atoms with Crippen molar-refractivity contribution >= 4 is 11.6 Å². The standard InChI is InChI=1S/C19H21FN2O2/c1-11-8-13(20)4-5-14(11)19(23)21-18-7-6-15(12-2-3-12)16-9-22(24)10-17(16)18/h4-7,11-12,22H,2-3,8-10H2,1H3,(H,21,23). The molecule has 1 aromatic carbocycles. The number of hydrogen-bond donors (Lipinski definition) is 2. The molecule has 0 saturated heterocycles. The second-order valence-electron chi connectivity index (χ2n) is 7.12. The van der Waals surface area contributed by atoms with Crippen LogP contribution in [-0.4, -0.2) is 5.91 Å². The lowest BCUT2D eigenvalue weighted by atomic mass is 9.91. The van der Waals surface area contributed by atoms with Gasteiger partial charge in [0.2, 0.25) is 0 Å². The van der Waals surface area contributed by atoms with Gasteiger partial charge in [-0.25, -0.2) is 4.39 Å². The van der Waals surface area contributed by atoms with Crippen molar-refractivity contribution in [3.05, 3.63) is 57.6 Å². The van der Waals surface area contributed by atoms with E-state index in [-0.39, 0.29) is 29.1 Å². The normalized spacial score (nSPS) is 25.8. The molecule has 1 aromatic rings.